The zero-order valence-corrected chi connectivity index (χ0v) is 21.4. The van der Waals surface area contributed by atoms with E-state index in [1.165, 1.54) is 24.2 Å². The summed E-state index contributed by atoms with van der Waals surface area (Å²) in [5, 5.41) is 8.88. The van der Waals surface area contributed by atoms with Gasteiger partial charge in [-0.2, -0.15) is 0 Å². The molecule has 6 rings (SSSR count). The minimum atomic E-state index is -0.442. The Morgan fingerprint density at radius 1 is 1.00 bits per heavy atom. The molecule has 1 spiro atoms. The summed E-state index contributed by atoms with van der Waals surface area (Å²) in [6.45, 7) is 3.08. The monoisotopic (exact) mass is 541 g/mol. The second kappa shape index (κ2) is 9.54. The van der Waals surface area contributed by atoms with Gasteiger partial charge in [-0.25, -0.2) is 28.7 Å². The summed E-state index contributed by atoms with van der Waals surface area (Å²) in [5.74, 6) is 1.16. The standard InChI is InChI=1S/C23H25ClFN11S/c24-18-15(1-5-28-19(18)27)37-16-11-31-22(36-13-32-33-20(16)36)34-6-2-23(3-7-34)4-8-35(12-17(23)26)21-29-9-14(25)10-30-21/h1,5,9-11,13,17H,2-4,6-8,12,26H2,(H2,27,28). The van der Waals surface area contributed by atoms with Crippen molar-refractivity contribution in [3.8, 4) is 0 Å². The third kappa shape index (κ3) is 4.40. The molecule has 0 amide bonds. The number of nitrogen functional groups attached to an aromatic ring is 1. The van der Waals surface area contributed by atoms with Gasteiger partial charge >= 0.3 is 0 Å². The summed E-state index contributed by atoms with van der Waals surface area (Å²) in [6.07, 6.45) is 10.3. The average molecular weight is 542 g/mol. The topological polar surface area (TPSA) is 140 Å². The highest BCUT2D eigenvalue weighted by Gasteiger charge is 2.44. The van der Waals surface area contributed by atoms with E-state index in [-0.39, 0.29) is 17.3 Å². The fraction of sp³-hybridized carbons (Fsp3) is 0.391. The minimum Gasteiger partial charge on any atom is -0.382 e. The predicted octanol–water partition coefficient (Wildman–Crippen LogP) is 2.66. The van der Waals surface area contributed by atoms with E-state index in [1.54, 1.807) is 18.7 Å². The van der Waals surface area contributed by atoms with Crippen LogP contribution in [-0.2, 0) is 0 Å². The van der Waals surface area contributed by atoms with Crippen LogP contribution in [0.4, 0.5) is 22.1 Å². The number of fused-ring (bicyclic) bond motifs is 1. The van der Waals surface area contributed by atoms with Crippen LogP contribution in [0.3, 0.4) is 0 Å². The van der Waals surface area contributed by atoms with Crippen molar-refractivity contribution < 1.29 is 4.39 Å². The van der Waals surface area contributed by atoms with E-state index in [9.17, 15) is 4.39 Å². The fourth-order valence-corrected chi connectivity index (χ4v) is 6.34. The molecule has 1 unspecified atom stereocenters. The minimum absolute atomic E-state index is 0.0312. The largest absolute Gasteiger partial charge is 0.382 e. The zero-order valence-electron chi connectivity index (χ0n) is 19.8. The maximum atomic E-state index is 13.2. The van der Waals surface area contributed by atoms with E-state index in [1.807, 2.05) is 15.4 Å². The summed E-state index contributed by atoms with van der Waals surface area (Å²) in [6, 6.07) is 1.78. The molecule has 2 fully saturated rings. The first-order chi connectivity index (χ1) is 17.9. The molecule has 0 bridgehead atoms. The van der Waals surface area contributed by atoms with Gasteiger partial charge in [-0.3, -0.25) is 0 Å². The highest BCUT2D eigenvalue weighted by atomic mass is 35.5. The van der Waals surface area contributed by atoms with E-state index < -0.39 is 5.82 Å². The number of anilines is 3. The Labute approximate surface area is 221 Å². The summed E-state index contributed by atoms with van der Waals surface area (Å²) in [7, 11) is 0. The zero-order chi connectivity index (χ0) is 25.6. The van der Waals surface area contributed by atoms with Gasteiger partial charge < -0.3 is 21.3 Å². The molecule has 6 heterocycles. The van der Waals surface area contributed by atoms with Crippen LogP contribution in [-0.4, -0.2) is 66.8 Å². The Bertz CT molecular complexity index is 1420. The lowest BCUT2D eigenvalue weighted by molar-refractivity contribution is 0.135. The Hall–Kier alpha value is -3.29. The number of piperidine rings is 2. The molecule has 4 aromatic heterocycles. The number of pyridine rings is 1. The summed E-state index contributed by atoms with van der Waals surface area (Å²) < 4.78 is 15.1. The maximum Gasteiger partial charge on any atom is 0.225 e. The van der Waals surface area contributed by atoms with Gasteiger partial charge in [-0.1, -0.05) is 23.4 Å². The van der Waals surface area contributed by atoms with Gasteiger partial charge in [-0.15, -0.1) is 10.2 Å². The van der Waals surface area contributed by atoms with Crippen LogP contribution in [0.15, 0.2) is 47.0 Å². The van der Waals surface area contributed by atoms with E-state index >= 15 is 0 Å². The van der Waals surface area contributed by atoms with Crippen LogP contribution < -0.4 is 21.3 Å². The van der Waals surface area contributed by atoms with Gasteiger partial charge in [0, 0.05) is 49.5 Å². The highest BCUT2D eigenvalue weighted by Crippen LogP contribution is 2.42. The molecule has 0 radical (unpaired) electrons. The van der Waals surface area contributed by atoms with Crippen LogP contribution in [0, 0.1) is 11.2 Å². The Kier molecular flexibility index (Phi) is 6.21. The smallest absolute Gasteiger partial charge is 0.225 e. The lowest BCUT2D eigenvalue weighted by atomic mass is 9.68. The van der Waals surface area contributed by atoms with E-state index in [4.69, 9.17) is 28.1 Å². The van der Waals surface area contributed by atoms with Crippen LogP contribution in [0.1, 0.15) is 19.3 Å². The molecule has 192 valence electrons. The first-order valence-electron chi connectivity index (χ1n) is 11.9. The number of halogens is 2. The SMILES string of the molecule is Nc1nccc(Sc2cnc(N3CCC4(CCN(c5ncc(F)cn5)CC4N)CC3)n3cnnc23)c1Cl. The van der Waals surface area contributed by atoms with Crippen LogP contribution in [0.2, 0.25) is 5.02 Å². The first kappa shape index (κ1) is 24.1. The molecule has 2 saturated heterocycles. The predicted molar refractivity (Wildman–Crippen MR) is 139 cm³/mol. The number of rotatable bonds is 4. The van der Waals surface area contributed by atoms with Gasteiger partial charge in [0.05, 0.1) is 22.3 Å². The van der Waals surface area contributed by atoms with Gasteiger partial charge in [-0.05, 0) is 30.7 Å². The van der Waals surface area contributed by atoms with E-state index in [2.05, 4.69) is 30.0 Å². The quantitative estimate of drug-likeness (QED) is 0.394. The molecule has 11 nitrogen and oxygen atoms in total. The molecule has 1 atom stereocenters. The molecule has 0 aliphatic carbocycles. The molecule has 0 aromatic carbocycles. The Morgan fingerprint density at radius 3 is 2.46 bits per heavy atom. The maximum absolute atomic E-state index is 13.2. The molecule has 4 aromatic rings. The van der Waals surface area contributed by atoms with Gasteiger partial charge in [0.15, 0.2) is 11.5 Å². The molecular formula is C23H25ClFN11S. The van der Waals surface area contributed by atoms with Crippen molar-refractivity contribution in [3.05, 3.63) is 48.0 Å². The second-order valence-electron chi connectivity index (χ2n) is 9.41. The molecule has 0 saturated carbocycles. The molecule has 2 aliphatic rings. The van der Waals surface area contributed by atoms with Crippen molar-refractivity contribution in [3.63, 3.8) is 0 Å². The molecule has 4 N–H and O–H groups in total. The second-order valence-corrected chi connectivity index (χ2v) is 10.9. The van der Waals surface area contributed by atoms with E-state index in [0.29, 0.717) is 23.2 Å². The van der Waals surface area contributed by atoms with Gasteiger partial charge in [0.25, 0.3) is 0 Å². The Balaban J connectivity index is 1.17. The molecule has 37 heavy (non-hydrogen) atoms. The van der Waals surface area contributed by atoms with Crippen molar-refractivity contribution in [2.24, 2.45) is 11.1 Å². The van der Waals surface area contributed by atoms with Crippen LogP contribution in [0.25, 0.3) is 5.65 Å². The third-order valence-corrected chi connectivity index (χ3v) is 8.97. The highest BCUT2D eigenvalue weighted by molar-refractivity contribution is 7.99. The number of aromatic nitrogens is 7. The van der Waals surface area contributed by atoms with E-state index in [0.717, 1.165) is 54.6 Å². The van der Waals surface area contributed by atoms with Crippen molar-refractivity contribution in [2.45, 2.75) is 35.1 Å². The van der Waals surface area contributed by atoms with Crippen molar-refractivity contribution >= 4 is 46.7 Å². The summed E-state index contributed by atoms with van der Waals surface area (Å²) >= 11 is 7.77. The number of nitrogens with two attached hydrogens (primary N) is 2. The fourth-order valence-electron chi connectivity index (χ4n) is 5.22. The van der Waals surface area contributed by atoms with Crippen LogP contribution in [0.5, 0.6) is 0 Å². The summed E-state index contributed by atoms with van der Waals surface area (Å²) in [5.41, 5.74) is 13.3. The lowest BCUT2D eigenvalue weighted by Gasteiger charge is -2.50. The Morgan fingerprint density at radius 2 is 1.73 bits per heavy atom. The molecule has 14 heteroatoms. The molecule has 2 aliphatic heterocycles. The van der Waals surface area contributed by atoms with Crippen molar-refractivity contribution in [1.29, 1.82) is 0 Å². The van der Waals surface area contributed by atoms with Crippen LogP contribution >= 0.6 is 23.4 Å². The molecular weight excluding hydrogens is 517 g/mol. The van der Waals surface area contributed by atoms with Gasteiger partial charge in [0.1, 0.15) is 12.1 Å². The lowest BCUT2D eigenvalue weighted by Crippen LogP contribution is -2.59. The average Bonchev–Trinajstić information content (AvgIpc) is 3.40. The number of hydrogen-bond acceptors (Lipinski definition) is 11. The number of hydrogen-bond donors (Lipinski definition) is 2. The van der Waals surface area contributed by atoms with Gasteiger partial charge in [0.2, 0.25) is 11.9 Å². The van der Waals surface area contributed by atoms with Crippen molar-refractivity contribution in [1.82, 2.24) is 34.5 Å². The number of nitrogens with zero attached hydrogens (tertiary/aromatic N) is 9. The first-order valence-corrected chi connectivity index (χ1v) is 13.1. The normalized spacial score (nSPS) is 19.6. The third-order valence-electron chi connectivity index (χ3n) is 7.40. The summed E-state index contributed by atoms with van der Waals surface area (Å²) in [4.78, 5) is 22.9. The van der Waals surface area contributed by atoms with Crippen molar-refractivity contribution in [2.75, 3.05) is 41.7 Å².